The number of aliphatic hydroxyl groups is 1. The van der Waals surface area contributed by atoms with E-state index in [0.29, 0.717) is 18.5 Å². The number of fused-ring (bicyclic) bond motifs is 2. The van der Waals surface area contributed by atoms with Crippen LogP contribution in [-0.4, -0.2) is 30.9 Å². The predicted molar refractivity (Wildman–Crippen MR) is 69.9 cm³/mol. The van der Waals surface area contributed by atoms with Crippen LogP contribution in [-0.2, 0) is 0 Å². The quantitative estimate of drug-likeness (QED) is 0.539. The predicted octanol–water partition coefficient (Wildman–Crippen LogP) is 1.90. The summed E-state index contributed by atoms with van der Waals surface area (Å²) < 4.78 is 0. The van der Waals surface area contributed by atoms with Crippen molar-refractivity contribution >= 4 is 8.07 Å². The average molecular weight is 237 g/mol. The zero-order valence-electron chi connectivity index (χ0n) is 10.6. The summed E-state index contributed by atoms with van der Waals surface area (Å²) in [7, 11) is -1.28. The first-order chi connectivity index (χ1) is 7.36. The van der Waals surface area contributed by atoms with Crippen molar-refractivity contribution < 1.29 is 5.11 Å². The summed E-state index contributed by atoms with van der Waals surface area (Å²) in [5.74, 6) is 3.24. The fourth-order valence-corrected chi connectivity index (χ4v) is 3.46. The van der Waals surface area contributed by atoms with Gasteiger partial charge in [-0.15, -0.1) is 11.5 Å². The number of nitrogens with one attached hydrogen (secondary N) is 1. The molecule has 3 heteroatoms. The Balaban J connectivity index is 1.95. The topological polar surface area (TPSA) is 32.3 Å². The van der Waals surface area contributed by atoms with Gasteiger partial charge >= 0.3 is 0 Å². The first kappa shape index (κ1) is 12.2. The molecule has 2 N–H and O–H groups in total. The Labute approximate surface area is 99.8 Å². The lowest BCUT2D eigenvalue weighted by Crippen LogP contribution is -2.48. The van der Waals surface area contributed by atoms with Gasteiger partial charge in [0.05, 0.1) is 5.60 Å². The van der Waals surface area contributed by atoms with Gasteiger partial charge in [-0.25, -0.2) is 0 Å². The van der Waals surface area contributed by atoms with E-state index in [0.717, 1.165) is 12.8 Å². The number of rotatable bonds is 1. The second-order valence-corrected chi connectivity index (χ2v) is 11.2. The fraction of sp³-hybridized carbons (Fsp3) is 0.846. The van der Waals surface area contributed by atoms with Crippen molar-refractivity contribution in [3.63, 3.8) is 0 Å². The van der Waals surface area contributed by atoms with Crippen LogP contribution in [0.5, 0.6) is 0 Å². The van der Waals surface area contributed by atoms with Crippen molar-refractivity contribution in [2.24, 2.45) is 0 Å². The third kappa shape index (κ3) is 3.10. The largest absolute Gasteiger partial charge is 0.389 e. The molecule has 2 nitrogen and oxygen atoms in total. The Bertz CT molecular complexity index is 311. The first-order valence-electron chi connectivity index (χ1n) is 6.35. The summed E-state index contributed by atoms with van der Waals surface area (Å²) in [6, 6.07) is 1.08. The van der Waals surface area contributed by atoms with Crippen LogP contribution in [0, 0.1) is 11.5 Å². The van der Waals surface area contributed by atoms with E-state index in [2.05, 4.69) is 36.4 Å². The fourth-order valence-electron chi connectivity index (χ4n) is 2.84. The molecule has 0 amide bonds. The van der Waals surface area contributed by atoms with Gasteiger partial charge in [0.1, 0.15) is 8.07 Å². The summed E-state index contributed by atoms with van der Waals surface area (Å²) in [6.07, 6.45) is 4.92. The molecule has 2 unspecified atom stereocenters. The molecule has 0 aromatic carbocycles. The van der Waals surface area contributed by atoms with Gasteiger partial charge in [0, 0.05) is 18.5 Å². The molecule has 2 aliphatic rings. The highest BCUT2D eigenvalue weighted by molar-refractivity contribution is 6.83. The molecule has 0 aromatic heterocycles. The van der Waals surface area contributed by atoms with Gasteiger partial charge < -0.3 is 10.4 Å². The van der Waals surface area contributed by atoms with E-state index in [-0.39, 0.29) is 0 Å². The zero-order chi connectivity index (χ0) is 11.8. The van der Waals surface area contributed by atoms with Crippen LogP contribution in [0.15, 0.2) is 0 Å². The molecule has 90 valence electrons. The van der Waals surface area contributed by atoms with E-state index in [9.17, 15) is 5.11 Å². The van der Waals surface area contributed by atoms with Crippen LogP contribution in [0.4, 0.5) is 0 Å². The van der Waals surface area contributed by atoms with Crippen molar-refractivity contribution in [3.05, 3.63) is 0 Å². The molecular weight excluding hydrogens is 214 g/mol. The van der Waals surface area contributed by atoms with E-state index in [1.165, 1.54) is 12.8 Å². The van der Waals surface area contributed by atoms with Gasteiger partial charge in [-0.2, -0.15) is 0 Å². The Morgan fingerprint density at radius 3 is 2.31 bits per heavy atom. The standard InChI is InChI=1S/C13H23NOSi/c1-16(2,3)8-4-7-13(15)9-11-5-6-12(10-13)14-11/h11-12,14-15H,5-7,9-10H2,1-3H3. The van der Waals surface area contributed by atoms with Crippen LogP contribution in [0.1, 0.15) is 32.1 Å². The second kappa shape index (κ2) is 4.18. The molecule has 0 saturated carbocycles. The number of piperidine rings is 1. The van der Waals surface area contributed by atoms with Gasteiger partial charge in [0.15, 0.2) is 0 Å². The maximum atomic E-state index is 10.5. The highest BCUT2D eigenvalue weighted by Crippen LogP contribution is 2.35. The SMILES string of the molecule is C[Si](C)(C)C#CCC1(O)CC2CCC(C1)N2. The van der Waals surface area contributed by atoms with E-state index in [4.69, 9.17) is 0 Å². The van der Waals surface area contributed by atoms with E-state index < -0.39 is 13.7 Å². The maximum Gasteiger partial charge on any atom is 0.129 e. The lowest BCUT2D eigenvalue weighted by molar-refractivity contribution is -0.00182. The highest BCUT2D eigenvalue weighted by Gasteiger charge is 2.41. The van der Waals surface area contributed by atoms with Crippen LogP contribution >= 0.6 is 0 Å². The lowest BCUT2D eigenvalue weighted by atomic mass is 9.85. The molecule has 2 atom stereocenters. The van der Waals surface area contributed by atoms with Gasteiger partial charge in [-0.1, -0.05) is 19.6 Å². The molecule has 2 rings (SSSR count). The monoisotopic (exact) mass is 237 g/mol. The maximum absolute atomic E-state index is 10.5. The molecule has 2 fully saturated rings. The summed E-state index contributed by atoms with van der Waals surface area (Å²) >= 11 is 0. The minimum atomic E-state index is -1.28. The highest BCUT2D eigenvalue weighted by atomic mass is 28.3. The van der Waals surface area contributed by atoms with Gasteiger partial charge in [-0.3, -0.25) is 0 Å². The Hall–Kier alpha value is -0.303. The average Bonchev–Trinajstić information content (AvgIpc) is 2.43. The molecule has 0 radical (unpaired) electrons. The number of hydrogen-bond acceptors (Lipinski definition) is 2. The van der Waals surface area contributed by atoms with Crippen LogP contribution in [0.3, 0.4) is 0 Å². The second-order valence-electron chi connectivity index (χ2n) is 6.50. The third-order valence-corrected chi connectivity index (χ3v) is 4.40. The van der Waals surface area contributed by atoms with Crippen molar-refractivity contribution in [1.29, 1.82) is 0 Å². The van der Waals surface area contributed by atoms with Gasteiger partial charge in [0.2, 0.25) is 0 Å². The first-order valence-corrected chi connectivity index (χ1v) is 9.85. The van der Waals surface area contributed by atoms with Crippen LogP contribution in [0.25, 0.3) is 0 Å². The van der Waals surface area contributed by atoms with Crippen molar-refractivity contribution in [2.45, 2.75) is 69.4 Å². The Morgan fingerprint density at radius 2 is 1.81 bits per heavy atom. The minimum Gasteiger partial charge on any atom is -0.389 e. The van der Waals surface area contributed by atoms with Crippen molar-refractivity contribution in [2.75, 3.05) is 0 Å². The van der Waals surface area contributed by atoms with Crippen molar-refractivity contribution in [3.8, 4) is 11.5 Å². The normalized spacial score (nSPS) is 38.0. The van der Waals surface area contributed by atoms with Crippen LogP contribution < -0.4 is 5.32 Å². The Kier molecular flexibility index (Phi) is 3.17. The zero-order valence-corrected chi connectivity index (χ0v) is 11.6. The van der Waals surface area contributed by atoms with Gasteiger partial charge in [0.25, 0.3) is 0 Å². The summed E-state index contributed by atoms with van der Waals surface area (Å²) in [5, 5.41) is 14.1. The molecule has 2 bridgehead atoms. The lowest BCUT2D eigenvalue weighted by Gasteiger charge is -2.35. The summed E-state index contributed by atoms with van der Waals surface area (Å²) in [5.41, 5.74) is 2.84. The van der Waals surface area contributed by atoms with Crippen LogP contribution in [0.2, 0.25) is 19.6 Å². The molecule has 2 heterocycles. The molecule has 2 aliphatic heterocycles. The molecule has 0 aromatic rings. The van der Waals surface area contributed by atoms with Gasteiger partial charge in [-0.05, 0) is 25.7 Å². The Morgan fingerprint density at radius 1 is 1.25 bits per heavy atom. The molecule has 0 spiro atoms. The molecule has 0 aliphatic carbocycles. The smallest absolute Gasteiger partial charge is 0.129 e. The number of hydrogen-bond donors (Lipinski definition) is 2. The van der Waals surface area contributed by atoms with E-state index in [1.807, 2.05) is 0 Å². The van der Waals surface area contributed by atoms with E-state index in [1.54, 1.807) is 0 Å². The van der Waals surface area contributed by atoms with Crippen molar-refractivity contribution in [1.82, 2.24) is 5.32 Å². The minimum absolute atomic E-state index is 0.510. The molecule has 16 heavy (non-hydrogen) atoms. The summed E-state index contributed by atoms with van der Waals surface area (Å²) in [6.45, 7) is 6.74. The summed E-state index contributed by atoms with van der Waals surface area (Å²) in [4.78, 5) is 0. The molecule has 2 saturated heterocycles. The van der Waals surface area contributed by atoms with E-state index >= 15 is 0 Å². The molecular formula is C13H23NOSi. The third-order valence-electron chi connectivity index (χ3n) is 3.47.